The minimum Gasteiger partial charge on any atom is -0.306 e. The lowest BCUT2D eigenvalue weighted by Gasteiger charge is -2.17. The third-order valence-corrected chi connectivity index (χ3v) is 9.01. The van der Waals surface area contributed by atoms with Gasteiger partial charge in [0, 0.05) is 20.7 Å². The van der Waals surface area contributed by atoms with E-state index < -0.39 is 7.14 Å². The minimum atomic E-state index is -3.10. The number of hydrogen-bond donors (Lipinski definition) is 0. The van der Waals surface area contributed by atoms with Gasteiger partial charge in [-0.3, -0.25) is 0 Å². The monoisotopic (exact) mass is 403 g/mol. The first-order valence-electron chi connectivity index (χ1n) is 7.56. The average molecular weight is 404 g/mol. The standard InChI is InChI=1S/C19H12Cl2NOPS/c20-13-5-9-15(10-6-13)24(23,16-11-7-14(21)8-12-16)19-22-17-3-1-2-4-18(17)25-19/h1-12H. The Hall–Kier alpha value is -1.64. The first-order chi connectivity index (χ1) is 12.1. The highest BCUT2D eigenvalue weighted by atomic mass is 35.5. The molecule has 0 saturated heterocycles. The second-order valence-electron chi connectivity index (χ2n) is 5.53. The van der Waals surface area contributed by atoms with Gasteiger partial charge in [-0.1, -0.05) is 35.3 Å². The number of aromatic nitrogens is 1. The number of rotatable bonds is 3. The summed E-state index contributed by atoms with van der Waals surface area (Å²) in [5, 5.41) is 2.63. The highest BCUT2D eigenvalue weighted by Gasteiger charge is 2.33. The van der Waals surface area contributed by atoms with E-state index in [0.29, 0.717) is 25.4 Å². The molecule has 0 unspecified atom stereocenters. The molecule has 0 aliphatic rings. The van der Waals surface area contributed by atoms with Gasteiger partial charge in [-0.2, -0.15) is 0 Å². The molecule has 3 aromatic carbocycles. The van der Waals surface area contributed by atoms with Gasteiger partial charge in [0.05, 0.1) is 10.2 Å². The third-order valence-electron chi connectivity index (χ3n) is 3.93. The van der Waals surface area contributed by atoms with Crippen LogP contribution in [0.4, 0.5) is 0 Å². The fourth-order valence-corrected chi connectivity index (χ4v) is 7.19. The molecular formula is C19H12Cl2NOPS. The Kier molecular flexibility index (Phi) is 4.43. The van der Waals surface area contributed by atoms with Gasteiger partial charge in [-0.05, 0) is 60.7 Å². The number of para-hydroxylation sites is 1. The predicted molar refractivity (Wildman–Crippen MR) is 109 cm³/mol. The summed E-state index contributed by atoms with van der Waals surface area (Å²) in [7, 11) is -3.10. The molecule has 1 aromatic heterocycles. The predicted octanol–water partition coefficient (Wildman–Crippen LogP) is 5.24. The molecule has 0 amide bonds. The van der Waals surface area contributed by atoms with Crippen LogP contribution in [0.1, 0.15) is 0 Å². The summed E-state index contributed by atoms with van der Waals surface area (Å²) in [6.45, 7) is 0. The Labute approximate surface area is 159 Å². The van der Waals surface area contributed by atoms with Crippen molar-refractivity contribution in [3.63, 3.8) is 0 Å². The number of hydrogen-bond acceptors (Lipinski definition) is 3. The Morgan fingerprint density at radius 2 is 1.28 bits per heavy atom. The lowest BCUT2D eigenvalue weighted by molar-refractivity contribution is 0.592. The molecule has 4 aromatic rings. The quantitative estimate of drug-likeness (QED) is 0.437. The molecule has 0 N–H and O–H groups in total. The van der Waals surface area contributed by atoms with Gasteiger partial charge in [0.2, 0.25) is 0 Å². The van der Waals surface area contributed by atoms with Crippen molar-refractivity contribution in [2.75, 3.05) is 0 Å². The van der Waals surface area contributed by atoms with Crippen LogP contribution in [0.15, 0.2) is 72.8 Å². The number of nitrogens with zero attached hydrogens (tertiary/aromatic N) is 1. The molecule has 0 atom stereocenters. The number of fused-ring (bicyclic) bond motifs is 1. The molecule has 25 heavy (non-hydrogen) atoms. The third kappa shape index (κ3) is 3.02. The zero-order chi connectivity index (χ0) is 17.4. The molecular weight excluding hydrogens is 392 g/mol. The normalized spacial score (nSPS) is 11.8. The van der Waals surface area contributed by atoms with Crippen LogP contribution < -0.4 is 15.4 Å². The lowest BCUT2D eigenvalue weighted by Crippen LogP contribution is -2.24. The molecule has 0 spiro atoms. The van der Waals surface area contributed by atoms with Crippen molar-refractivity contribution in [2.45, 2.75) is 0 Å². The van der Waals surface area contributed by atoms with Gasteiger partial charge < -0.3 is 4.57 Å². The average Bonchev–Trinajstić information content (AvgIpc) is 3.07. The number of halogens is 2. The van der Waals surface area contributed by atoms with Gasteiger partial charge >= 0.3 is 0 Å². The highest BCUT2D eigenvalue weighted by Crippen LogP contribution is 2.44. The van der Waals surface area contributed by atoms with E-state index in [1.807, 2.05) is 48.5 Å². The van der Waals surface area contributed by atoms with E-state index >= 15 is 0 Å². The van der Waals surface area contributed by atoms with E-state index in [9.17, 15) is 4.57 Å². The van der Waals surface area contributed by atoms with Crippen LogP contribution in [0.2, 0.25) is 10.0 Å². The van der Waals surface area contributed by atoms with Crippen molar-refractivity contribution in [2.24, 2.45) is 0 Å². The fraction of sp³-hybridized carbons (Fsp3) is 0. The van der Waals surface area contributed by atoms with Crippen LogP contribution in [0.5, 0.6) is 0 Å². The van der Waals surface area contributed by atoms with Crippen LogP contribution in [0.3, 0.4) is 0 Å². The van der Waals surface area contributed by atoms with E-state index in [1.54, 1.807) is 24.3 Å². The zero-order valence-corrected chi connectivity index (χ0v) is 16.1. The van der Waals surface area contributed by atoms with E-state index in [1.165, 1.54) is 11.3 Å². The summed E-state index contributed by atoms with van der Waals surface area (Å²) in [4.78, 5) is 4.67. The summed E-state index contributed by atoms with van der Waals surface area (Å²) in [5.74, 6) is 0. The molecule has 2 nitrogen and oxygen atoms in total. The van der Waals surface area contributed by atoms with Crippen molar-refractivity contribution in [3.05, 3.63) is 82.8 Å². The Balaban J connectivity index is 1.99. The van der Waals surface area contributed by atoms with Crippen molar-refractivity contribution in [1.29, 1.82) is 0 Å². The molecule has 0 radical (unpaired) electrons. The summed E-state index contributed by atoms with van der Waals surface area (Å²) in [6.07, 6.45) is 0. The summed E-state index contributed by atoms with van der Waals surface area (Å²) >= 11 is 13.5. The molecule has 0 fully saturated rings. The topological polar surface area (TPSA) is 30.0 Å². The van der Waals surface area contributed by atoms with Crippen molar-refractivity contribution < 1.29 is 4.57 Å². The fourth-order valence-electron chi connectivity index (χ4n) is 2.67. The molecule has 6 heteroatoms. The van der Waals surface area contributed by atoms with Gasteiger partial charge in [-0.25, -0.2) is 4.98 Å². The lowest BCUT2D eigenvalue weighted by atomic mass is 10.3. The Bertz CT molecular complexity index is 1010. The maximum atomic E-state index is 14.3. The Morgan fingerprint density at radius 1 is 0.760 bits per heavy atom. The summed E-state index contributed by atoms with van der Waals surface area (Å²) in [6, 6.07) is 22.1. The molecule has 0 bridgehead atoms. The molecule has 0 saturated carbocycles. The SMILES string of the molecule is O=P(c1ccc(Cl)cc1)(c1ccc(Cl)cc1)c1nc2ccccc2s1. The van der Waals surface area contributed by atoms with Crippen molar-refractivity contribution in [3.8, 4) is 0 Å². The van der Waals surface area contributed by atoms with Crippen LogP contribution >= 0.6 is 41.7 Å². The first-order valence-corrected chi connectivity index (χ1v) is 10.8. The van der Waals surface area contributed by atoms with Crippen molar-refractivity contribution >= 4 is 67.3 Å². The second kappa shape index (κ2) is 6.59. The van der Waals surface area contributed by atoms with Gasteiger partial charge in [-0.15, -0.1) is 11.3 Å². The molecule has 124 valence electrons. The molecule has 1 heterocycles. The van der Waals surface area contributed by atoms with Gasteiger partial charge in [0.25, 0.3) is 0 Å². The molecule has 0 aliphatic carbocycles. The molecule has 4 rings (SSSR count). The number of benzene rings is 3. The van der Waals surface area contributed by atoms with Crippen LogP contribution in [0.25, 0.3) is 10.2 Å². The van der Waals surface area contributed by atoms with E-state index in [2.05, 4.69) is 4.98 Å². The van der Waals surface area contributed by atoms with Crippen molar-refractivity contribution in [1.82, 2.24) is 4.98 Å². The Morgan fingerprint density at radius 3 is 1.80 bits per heavy atom. The first kappa shape index (κ1) is 16.8. The van der Waals surface area contributed by atoms with Crippen LogP contribution in [0, 0.1) is 0 Å². The van der Waals surface area contributed by atoms with Crippen LogP contribution in [-0.2, 0) is 4.57 Å². The smallest absolute Gasteiger partial charge is 0.198 e. The summed E-state index contributed by atoms with van der Waals surface area (Å²) in [5.41, 5.74) is 0.852. The minimum absolute atomic E-state index is 0.607. The van der Waals surface area contributed by atoms with E-state index in [4.69, 9.17) is 23.2 Å². The molecule has 0 aliphatic heterocycles. The highest BCUT2D eigenvalue weighted by molar-refractivity contribution is 7.89. The van der Waals surface area contributed by atoms with E-state index in [0.717, 1.165) is 10.2 Å². The van der Waals surface area contributed by atoms with E-state index in [-0.39, 0.29) is 0 Å². The van der Waals surface area contributed by atoms with Gasteiger partial charge in [0.15, 0.2) is 11.9 Å². The maximum absolute atomic E-state index is 14.3. The van der Waals surface area contributed by atoms with Crippen LogP contribution in [-0.4, -0.2) is 4.98 Å². The maximum Gasteiger partial charge on any atom is 0.198 e. The number of thiazole rings is 1. The second-order valence-corrected chi connectivity index (χ2v) is 10.4. The van der Waals surface area contributed by atoms with Gasteiger partial charge in [0.1, 0.15) is 0 Å². The zero-order valence-electron chi connectivity index (χ0n) is 12.9. The largest absolute Gasteiger partial charge is 0.306 e. The summed E-state index contributed by atoms with van der Waals surface area (Å²) < 4.78 is 15.9.